The monoisotopic (exact) mass is 266 g/mol. The summed E-state index contributed by atoms with van der Waals surface area (Å²) in [5, 5.41) is 8.97. The summed E-state index contributed by atoms with van der Waals surface area (Å²) in [6, 6.07) is 6.18. The van der Waals surface area contributed by atoms with Crippen molar-refractivity contribution >= 4 is 5.97 Å². The molecule has 0 aliphatic carbocycles. The van der Waals surface area contributed by atoms with Crippen LogP contribution in [0.5, 0.6) is 0 Å². The molecule has 0 aromatic heterocycles. The molecule has 2 rings (SSSR count). The van der Waals surface area contributed by atoms with Crippen LogP contribution in [0.25, 0.3) is 0 Å². The Balaban J connectivity index is 1.85. The normalized spacial score (nSPS) is 19.3. The predicted molar refractivity (Wildman–Crippen MR) is 70.3 cm³/mol. The number of nitrogens with zero attached hydrogens (tertiary/aromatic N) is 2. The molecule has 1 saturated heterocycles. The maximum absolute atomic E-state index is 13.1. The molecule has 1 atom stereocenters. The number of halogens is 1. The van der Waals surface area contributed by atoms with E-state index in [2.05, 4.69) is 4.90 Å². The molecular weight excluding hydrogens is 247 g/mol. The minimum absolute atomic E-state index is 0.212. The van der Waals surface area contributed by atoms with Crippen LogP contribution in [0, 0.1) is 5.82 Å². The van der Waals surface area contributed by atoms with Crippen molar-refractivity contribution in [2.45, 2.75) is 19.5 Å². The first-order chi connectivity index (χ1) is 9.06. The van der Waals surface area contributed by atoms with Crippen LogP contribution in [0.2, 0.25) is 0 Å². The number of carboxylic acids is 1. The molecule has 1 aliphatic rings. The Morgan fingerprint density at radius 2 is 2.05 bits per heavy atom. The Bertz CT molecular complexity index is 445. The van der Waals surface area contributed by atoms with Gasteiger partial charge < -0.3 is 5.11 Å². The van der Waals surface area contributed by atoms with Crippen LogP contribution in [0.1, 0.15) is 12.5 Å². The molecule has 1 heterocycles. The SMILES string of the molecule is CC(C(=O)O)N1CCN(Cc2cccc(F)c2)CC1. The molecule has 104 valence electrons. The van der Waals surface area contributed by atoms with Crippen LogP contribution in [0.3, 0.4) is 0 Å². The summed E-state index contributed by atoms with van der Waals surface area (Å²) in [5.41, 5.74) is 0.958. The summed E-state index contributed by atoms with van der Waals surface area (Å²) in [7, 11) is 0. The third-order valence-corrected chi connectivity index (χ3v) is 3.61. The molecule has 1 aromatic rings. The first-order valence-corrected chi connectivity index (χ1v) is 6.50. The third-order valence-electron chi connectivity index (χ3n) is 3.61. The quantitative estimate of drug-likeness (QED) is 0.895. The second-order valence-electron chi connectivity index (χ2n) is 4.96. The Morgan fingerprint density at radius 3 is 2.63 bits per heavy atom. The number of hydrogen-bond donors (Lipinski definition) is 1. The van der Waals surface area contributed by atoms with E-state index in [-0.39, 0.29) is 5.82 Å². The van der Waals surface area contributed by atoms with Gasteiger partial charge in [-0.1, -0.05) is 12.1 Å². The van der Waals surface area contributed by atoms with Gasteiger partial charge in [0, 0.05) is 32.7 Å². The number of hydrogen-bond acceptors (Lipinski definition) is 3. The van der Waals surface area contributed by atoms with E-state index < -0.39 is 12.0 Å². The van der Waals surface area contributed by atoms with Crippen LogP contribution in [0.4, 0.5) is 4.39 Å². The average Bonchev–Trinajstić information content (AvgIpc) is 2.39. The van der Waals surface area contributed by atoms with Gasteiger partial charge in [0.25, 0.3) is 0 Å². The Hall–Kier alpha value is -1.46. The highest BCUT2D eigenvalue weighted by Gasteiger charge is 2.24. The topological polar surface area (TPSA) is 43.8 Å². The molecule has 0 spiro atoms. The molecule has 1 fully saturated rings. The Morgan fingerprint density at radius 1 is 1.37 bits per heavy atom. The fourth-order valence-electron chi connectivity index (χ4n) is 2.36. The zero-order chi connectivity index (χ0) is 13.8. The molecule has 1 aromatic carbocycles. The van der Waals surface area contributed by atoms with Crippen LogP contribution in [0.15, 0.2) is 24.3 Å². The fourth-order valence-corrected chi connectivity index (χ4v) is 2.36. The number of aliphatic carboxylic acids is 1. The molecule has 19 heavy (non-hydrogen) atoms. The fraction of sp³-hybridized carbons (Fsp3) is 0.500. The van der Waals surface area contributed by atoms with Gasteiger partial charge in [-0.15, -0.1) is 0 Å². The number of benzene rings is 1. The van der Waals surface area contributed by atoms with Gasteiger partial charge in [0.15, 0.2) is 0 Å². The lowest BCUT2D eigenvalue weighted by Gasteiger charge is -2.36. The van der Waals surface area contributed by atoms with Gasteiger partial charge >= 0.3 is 5.97 Å². The Kier molecular flexibility index (Phi) is 4.50. The number of carbonyl (C=O) groups is 1. The van der Waals surface area contributed by atoms with Crippen LogP contribution < -0.4 is 0 Å². The number of piperazine rings is 1. The Labute approximate surface area is 112 Å². The van der Waals surface area contributed by atoms with E-state index in [1.165, 1.54) is 6.07 Å². The van der Waals surface area contributed by atoms with Gasteiger partial charge in [0.05, 0.1) is 0 Å². The van der Waals surface area contributed by atoms with Gasteiger partial charge in [-0.2, -0.15) is 0 Å². The summed E-state index contributed by atoms with van der Waals surface area (Å²) in [4.78, 5) is 15.1. The summed E-state index contributed by atoms with van der Waals surface area (Å²) in [5.74, 6) is -0.991. The smallest absolute Gasteiger partial charge is 0.320 e. The van der Waals surface area contributed by atoms with Crippen molar-refractivity contribution in [2.24, 2.45) is 0 Å². The second kappa shape index (κ2) is 6.12. The van der Waals surface area contributed by atoms with Crippen molar-refractivity contribution in [3.8, 4) is 0 Å². The molecule has 0 saturated carbocycles. The van der Waals surface area contributed by atoms with Crippen molar-refractivity contribution in [2.75, 3.05) is 26.2 Å². The molecule has 5 heteroatoms. The average molecular weight is 266 g/mol. The zero-order valence-electron chi connectivity index (χ0n) is 11.1. The molecule has 0 radical (unpaired) electrons. The highest BCUT2D eigenvalue weighted by Crippen LogP contribution is 2.11. The lowest BCUT2D eigenvalue weighted by Crippen LogP contribution is -2.51. The van der Waals surface area contributed by atoms with Crippen molar-refractivity contribution < 1.29 is 14.3 Å². The first kappa shape index (κ1) is 14.0. The van der Waals surface area contributed by atoms with E-state index in [0.29, 0.717) is 6.54 Å². The van der Waals surface area contributed by atoms with Crippen LogP contribution in [-0.2, 0) is 11.3 Å². The van der Waals surface area contributed by atoms with E-state index in [0.717, 1.165) is 31.7 Å². The standard InChI is InChI=1S/C14H19FN2O2/c1-11(14(18)19)17-7-5-16(6-8-17)10-12-3-2-4-13(15)9-12/h2-4,9,11H,5-8,10H2,1H3,(H,18,19). The predicted octanol–water partition coefficient (Wildman–Crippen LogP) is 1.42. The third kappa shape index (κ3) is 3.75. The summed E-state index contributed by atoms with van der Waals surface area (Å²) in [6.45, 7) is 5.53. The largest absolute Gasteiger partial charge is 0.480 e. The highest BCUT2D eigenvalue weighted by molar-refractivity contribution is 5.72. The molecule has 4 nitrogen and oxygen atoms in total. The van der Waals surface area contributed by atoms with Crippen molar-refractivity contribution in [3.63, 3.8) is 0 Å². The molecule has 0 amide bonds. The van der Waals surface area contributed by atoms with Crippen molar-refractivity contribution in [1.82, 2.24) is 9.80 Å². The summed E-state index contributed by atoms with van der Waals surface area (Å²) < 4.78 is 13.1. The maximum Gasteiger partial charge on any atom is 0.320 e. The molecular formula is C14H19FN2O2. The number of carboxylic acid groups (broad SMARTS) is 1. The second-order valence-corrected chi connectivity index (χ2v) is 4.96. The van der Waals surface area contributed by atoms with Gasteiger partial charge in [-0.3, -0.25) is 14.6 Å². The van der Waals surface area contributed by atoms with Gasteiger partial charge in [-0.25, -0.2) is 4.39 Å². The van der Waals surface area contributed by atoms with Gasteiger partial charge in [0.1, 0.15) is 11.9 Å². The summed E-state index contributed by atoms with van der Waals surface area (Å²) in [6.07, 6.45) is 0. The minimum Gasteiger partial charge on any atom is -0.480 e. The van der Waals surface area contributed by atoms with Gasteiger partial charge in [-0.05, 0) is 24.6 Å². The van der Waals surface area contributed by atoms with Crippen molar-refractivity contribution in [1.29, 1.82) is 0 Å². The number of rotatable bonds is 4. The van der Waals surface area contributed by atoms with E-state index in [4.69, 9.17) is 5.11 Å². The van der Waals surface area contributed by atoms with E-state index in [1.807, 2.05) is 11.0 Å². The summed E-state index contributed by atoms with van der Waals surface area (Å²) >= 11 is 0. The first-order valence-electron chi connectivity index (χ1n) is 6.50. The minimum atomic E-state index is -0.779. The highest BCUT2D eigenvalue weighted by atomic mass is 19.1. The van der Waals surface area contributed by atoms with E-state index in [9.17, 15) is 9.18 Å². The maximum atomic E-state index is 13.1. The molecule has 1 aliphatic heterocycles. The van der Waals surface area contributed by atoms with Crippen LogP contribution in [-0.4, -0.2) is 53.1 Å². The molecule has 0 bridgehead atoms. The zero-order valence-corrected chi connectivity index (χ0v) is 11.1. The van der Waals surface area contributed by atoms with Crippen LogP contribution >= 0.6 is 0 Å². The lowest BCUT2D eigenvalue weighted by molar-refractivity contribution is -0.143. The van der Waals surface area contributed by atoms with E-state index in [1.54, 1.807) is 19.1 Å². The van der Waals surface area contributed by atoms with Gasteiger partial charge in [0.2, 0.25) is 0 Å². The molecule has 1 unspecified atom stereocenters. The van der Waals surface area contributed by atoms with Crippen molar-refractivity contribution in [3.05, 3.63) is 35.6 Å². The van der Waals surface area contributed by atoms with E-state index >= 15 is 0 Å². The lowest BCUT2D eigenvalue weighted by atomic mass is 10.1. The molecule has 1 N–H and O–H groups in total.